The Morgan fingerprint density at radius 2 is 2.20 bits per heavy atom. The lowest BCUT2D eigenvalue weighted by Crippen LogP contribution is -2.41. The van der Waals surface area contributed by atoms with Crippen LogP contribution in [0.3, 0.4) is 0 Å². The van der Waals surface area contributed by atoms with Gasteiger partial charge in [0.2, 0.25) is 0 Å². The Bertz CT molecular complexity index is 461. The van der Waals surface area contributed by atoms with Crippen LogP contribution >= 0.6 is 0 Å². The van der Waals surface area contributed by atoms with Crippen LogP contribution in [0.4, 0.5) is 0 Å². The maximum absolute atomic E-state index is 10.9. The van der Waals surface area contributed by atoms with Crippen molar-refractivity contribution in [3.05, 3.63) is 12.4 Å². The first-order valence-electron chi connectivity index (χ1n) is 7.02. The lowest BCUT2D eigenvalue weighted by Gasteiger charge is -2.34. The van der Waals surface area contributed by atoms with Crippen LogP contribution in [0.15, 0.2) is 12.4 Å². The van der Waals surface area contributed by atoms with Crippen LogP contribution in [-0.4, -0.2) is 38.2 Å². The first-order chi connectivity index (χ1) is 9.39. The lowest BCUT2D eigenvalue weighted by atomic mass is 9.79. The molecule has 0 radical (unpaired) electrons. The number of hydrogen-bond acceptors (Lipinski definition) is 4. The van der Waals surface area contributed by atoms with Gasteiger partial charge >= 0.3 is 5.97 Å². The standard InChI is InChI=1S/C14H22N2O4/c1-10(2)16-8-12(7-15-16)20-9-14(19)5-3-11(4-6-14)13(17)18/h7-8,10-11,19H,3-6,9H2,1-2H3,(H,17,18). The number of carboxylic acids is 1. The Balaban J connectivity index is 1.85. The minimum absolute atomic E-state index is 0.184. The number of nitrogens with zero attached hydrogens (tertiary/aromatic N) is 2. The van der Waals surface area contributed by atoms with Crippen molar-refractivity contribution >= 4 is 5.97 Å². The molecule has 1 aliphatic rings. The molecule has 1 fully saturated rings. The maximum atomic E-state index is 10.9. The van der Waals surface area contributed by atoms with Crippen molar-refractivity contribution in [2.45, 2.75) is 51.2 Å². The Kier molecular flexibility index (Phi) is 4.32. The zero-order valence-electron chi connectivity index (χ0n) is 12.0. The third-order valence-corrected chi connectivity index (χ3v) is 3.88. The summed E-state index contributed by atoms with van der Waals surface area (Å²) in [5.74, 6) is -0.474. The Morgan fingerprint density at radius 1 is 1.55 bits per heavy atom. The van der Waals surface area contributed by atoms with Crippen LogP contribution in [0.25, 0.3) is 0 Å². The molecule has 1 saturated carbocycles. The molecule has 0 atom stereocenters. The van der Waals surface area contributed by atoms with Crippen LogP contribution in [0.1, 0.15) is 45.6 Å². The number of hydrogen-bond donors (Lipinski definition) is 2. The summed E-state index contributed by atoms with van der Waals surface area (Å²) < 4.78 is 7.39. The summed E-state index contributed by atoms with van der Waals surface area (Å²) in [6, 6.07) is 0.265. The van der Waals surface area contributed by atoms with Gasteiger partial charge in [-0.15, -0.1) is 0 Å². The number of aliphatic hydroxyl groups is 1. The van der Waals surface area contributed by atoms with Gasteiger partial charge in [-0.25, -0.2) is 0 Å². The molecule has 0 unspecified atom stereocenters. The smallest absolute Gasteiger partial charge is 0.306 e. The van der Waals surface area contributed by atoms with Crippen molar-refractivity contribution in [3.8, 4) is 5.75 Å². The summed E-state index contributed by atoms with van der Waals surface area (Å²) in [6.07, 6.45) is 5.36. The lowest BCUT2D eigenvalue weighted by molar-refractivity contribution is -0.145. The molecule has 1 aromatic heterocycles. The van der Waals surface area contributed by atoms with Gasteiger partial charge in [-0.3, -0.25) is 9.48 Å². The average molecular weight is 282 g/mol. The Labute approximate surface area is 118 Å². The molecule has 0 saturated heterocycles. The van der Waals surface area contributed by atoms with Gasteiger partial charge in [0, 0.05) is 6.04 Å². The van der Waals surface area contributed by atoms with E-state index < -0.39 is 11.6 Å². The highest BCUT2D eigenvalue weighted by molar-refractivity contribution is 5.70. The second kappa shape index (κ2) is 5.83. The van der Waals surface area contributed by atoms with Gasteiger partial charge in [-0.1, -0.05) is 0 Å². The van der Waals surface area contributed by atoms with E-state index >= 15 is 0 Å². The molecule has 0 aromatic carbocycles. The molecular formula is C14H22N2O4. The topological polar surface area (TPSA) is 84.6 Å². The molecule has 6 heteroatoms. The molecule has 112 valence electrons. The minimum Gasteiger partial charge on any atom is -0.487 e. The van der Waals surface area contributed by atoms with Gasteiger partial charge in [0.15, 0.2) is 5.75 Å². The van der Waals surface area contributed by atoms with E-state index in [1.165, 1.54) is 0 Å². The number of ether oxygens (including phenoxy) is 1. The van der Waals surface area contributed by atoms with E-state index in [0.29, 0.717) is 31.4 Å². The zero-order chi connectivity index (χ0) is 14.8. The second-order valence-electron chi connectivity index (χ2n) is 5.88. The molecule has 0 amide bonds. The number of rotatable bonds is 5. The van der Waals surface area contributed by atoms with Crippen molar-refractivity contribution < 1.29 is 19.7 Å². The number of carbonyl (C=O) groups is 1. The van der Waals surface area contributed by atoms with Crippen LogP contribution in [0, 0.1) is 5.92 Å². The fourth-order valence-corrected chi connectivity index (χ4v) is 2.44. The largest absolute Gasteiger partial charge is 0.487 e. The van der Waals surface area contributed by atoms with Gasteiger partial charge in [0.1, 0.15) is 6.61 Å². The summed E-state index contributed by atoms with van der Waals surface area (Å²) in [5, 5.41) is 23.5. The first kappa shape index (κ1) is 14.8. The predicted octanol–water partition coefficient (Wildman–Crippen LogP) is 1.85. The molecule has 1 aliphatic carbocycles. The van der Waals surface area contributed by atoms with Crippen LogP contribution < -0.4 is 4.74 Å². The summed E-state index contributed by atoms with van der Waals surface area (Å²) in [6.45, 7) is 4.23. The minimum atomic E-state index is -0.925. The van der Waals surface area contributed by atoms with E-state index in [4.69, 9.17) is 9.84 Å². The van der Waals surface area contributed by atoms with Crippen molar-refractivity contribution in [2.24, 2.45) is 5.92 Å². The highest BCUT2D eigenvalue weighted by Crippen LogP contribution is 2.32. The third-order valence-electron chi connectivity index (χ3n) is 3.88. The summed E-state index contributed by atoms with van der Waals surface area (Å²) in [7, 11) is 0. The first-order valence-corrected chi connectivity index (χ1v) is 7.02. The summed E-state index contributed by atoms with van der Waals surface area (Å²) in [4.78, 5) is 10.9. The van der Waals surface area contributed by atoms with Crippen LogP contribution in [-0.2, 0) is 4.79 Å². The molecule has 0 spiro atoms. The molecule has 2 rings (SSSR count). The molecular weight excluding hydrogens is 260 g/mol. The maximum Gasteiger partial charge on any atom is 0.306 e. The van der Waals surface area contributed by atoms with E-state index in [1.807, 2.05) is 13.8 Å². The Morgan fingerprint density at radius 3 is 2.70 bits per heavy atom. The van der Waals surface area contributed by atoms with Crippen LogP contribution in [0.2, 0.25) is 0 Å². The van der Waals surface area contributed by atoms with E-state index in [2.05, 4.69) is 5.10 Å². The highest BCUT2D eigenvalue weighted by Gasteiger charge is 2.36. The molecule has 0 bridgehead atoms. The third kappa shape index (κ3) is 3.50. The van der Waals surface area contributed by atoms with E-state index in [9.17, 15) is 9.90 Å². The fourth-order valence-electron chi connectivity index (χ4n) is 2.44. The van der Waals surface area contributed by atoms with Crippen molar-refractivity contribution in [2.75, 3.05) is 6.61 Å². The number of carboxylic acid groups (broad SMARTS) is 1. The van der Waals surface area contributed by atoms with Crippen molar-refractivity contribution in [1.29, 1.82) is 0 Å². The van der Waals surface area contributed by atoms with Crippen molar-refractivity contribution in [1.82, 2.24) is 9.78 Å². The van der Waals surface area contributed by atoms with Gasteiger partial charge in [0.05, 0.1) is 23.9 Å². The highest BCUT2D eigenvalue weighted by atomic mass is 16.5. The number of aromatic nitrogens is 2. The van der Waals surface area contributed by atoms with E-state index in [0.717, 1.165) is 0 Å². The fraction of sp³-hybridized carbons (Fsp3) is 0.714. The van der Waals surface area contributed by atoms with Crippen LogP contribution in [0.5, 0.6) is 5.75 Å². The monoisotopic (exact) mass is 282 g/mol. The molecule has 20 heavy (non-hydrogen) atoms. The normalized spacial score (nSPS) is 26.7. The number of aliphatic carboxylic acids is 1. The second-order valence-corrected chi connectivity index (χ2v) is 5.88. The van der Waals surface area contributed by atoms with E-state index in [-0.39, 0.29) is 18.6 Å². The summed E-state index contributed by atoms with van der Waals surface area (Å²) in [5.41, 5.74) is -0.925. The van der Waals surface area contributed by atoms with E-state index in [1.54, 1.807) is 17.1 Å². The predicted molar refractivity (Wildman–Crippen MR) is 72.7 cm³/mol. The molecule has 1 aromatic rings. The molecule has 0 aliphatic heterocycles. The quantitative estimate of drug-likeness (QED) is 0.861. The molecule has 6 nitrogen and oxygen atoms in total. The Hall–Kier alpha value is -1.56. The van der Waals surface area contributed by atoms with Gasteiger partial charge in [-0.05, 0) is 39.5 Å². The zero-order valence-corrected chi connectivity index (χ0v) is 12.0. The van der Waals surface area contributed by atoms with Gasteiger partial charge < -0.3 is 14.9 Å². The van der Waals surface area contributed by atoms with Crippen molar-refractivity contribution in [3.63, 3.8) is 0 Å². The molecule has 2 N–H and O–H groups in total. The molecule has 1 heterocycles. The average Bonchev–Trinajstić information content (AvgIpc) is 2.86. The van der Waals surface area contributed by atoms with Gasteiger partial charge in [-0.2, -0.15) is 5.10 Å². The summed E-state index contributed by atoms with van der Waals surface area (Å²) >= 11 is 0. The SMILES string of the molecule is CC(C)n1cc(OCC2(O)CCC(C(=O)O)CC2)cn1. The van der Waals surface area contributed by atoms with Gasteiger partial charge in [0.25, 0.3) is 0 Å².